The highest BCUT2D eigenvalue weighted by Crippen LogP contribution is 2.37. The van der Waals surface area contributed by atoms with Crippen molar-refractivity contribution in [2.75, 3.05) is 19.1 Å². The quantitative estimate of drug-likeness (QED) is 0.273. The molecule has 0 saturated carbocycles. The highest BCUT2D eigenvalue weighted by molar-refractivity contribution is 7.91. The summed E-state index contributed by atoms with van der Waals surface area (Å²) in [7, 11) is -3.88. The molecule has 2 aromatic carbocycles. The summed E-state index contributed by atoms with van der Waals surface area (Å²) in [6, 6.07) is 8.45. The van der Waals surface area contributed by atoms with Crippen molar-refractivity contribution in [1.29, 1.82) is 0 Å². The molecule has 2 aromatic rings. The highest BCUT2D eigenvalue weighted by Gasteiger charge is 2.22. The number of hydrogen-bond acceptors (Lipinski definition) is 6. The standard InChI is InChI=1S/C22H25Cl3O6S/c1-4-14(2)12-30-22-20(24)9-19(10-21(22)25)32(27,28)18-7-5-16(6-8-18)29-13-17(11-23)31-15(3)26/h5-10,14,17H,4,11-13H2,1-3H3. The minimum atomic E-state index is -3.88. The van der Waals surface area contributed by atoms with Gasteiger partial charge in [0.05, 0.1) is 32.3 Å². The maximum Gasteiger partial charge on any atom is 0.303 e. The third kappa shape index (κ3) is 7.17. The van der Waals surface area contributed by atoms with Crippen molar-refractivity contribution in [3.8, 4) is 11.5 Å². The number of hydrogen-bond donors (Lipinski definition) is 0. The largest absolute Gasteiger partial charge is 0.490 e. The van der Waals surface area contributed by atoms with Gasteiger partial charge in [-0.1, -0.05) is 43.5 Å². The first-order valence-electron chi connectivity index (χ1n) is 9.91. The van der Waals surface area contributed by atoms with E-state index in [-0.39, 0.29) is 38.1 Å². The molecule has 0 fully saturated rings. The highest BCUT2D eigenvalue weighted by atomic mass is 35.5. The number of ether oxygens (including phenoxy) is 3. The first-order chi connectivity index (χ1) is 15.1. The Kier molecular flexibility index (Phi) is 9.95. The molecule has 0 amide bonds. The minimum absolute atomic E-state index is 0.0402. The predicted octanol–water partition coefficient (Wildman–Crippen LogP) is 5.80. The average molecular weight is 524 g/mol. The maximum absolute atomic E-state index is 13.0. The summed E-state index contributed by atoms with van der Waals surface area (Å²) in [6.07, 6.45) is 0.320. The second-order valence-electron chi connectivity index (χ2n) is 7.21. The van der Waals surface area contributed by atoms with E-state index in [1.54, 1.807) is 0 Å². The summed E-state index contributed by atoms with van der Waals surface area (Å²) in [5.41, 5.74) is 0. The Morgan fingerprint density at radius 3 is 2.09 bits per heavy atom. The SMILES string of the molecule is CCC(C)COc1c(Cl)cc(S(=O)(=O)c2ccc(OCC(CCl)OC(C)=O)cc2)cc1Cl. The molecule has 0 heterocycles. The summed E-state index contributed by atoms with van der Waals surface area (Å²) in [5.74, 6) is 0.577. The molecule has 0 radical (unpaired) electrons. The Labute approximate surface area is 203 Å². The fourth-order valence-corrected chi connectivity index (χ4v) is 4.75. The summed E-state index contributed by atoms with van der Waals surface area (Å²) in [4.78, 5) is 11.0. The van der Waals surface area contributed by atoms with Gasteiger partial charge in [-0.3, -0.25) is 4.79 Å². The molecule has 0 spiro atoms. The first kappa shape index (κ1) is 26.6. The molecule has 2 unspecified atom stereocenters. The molecule has 10 heteroatoms. The van der Waals surface area contributed by atoms with Crippen molar-refractivity contribution in [2.24, 2.45) is 5.92 Å². The fraction of sp³-hybridized carbons (Fsp3) is 0.409. The topological polar surface area (TPSA) is 78.9 Å². The van der Waals surface area contributed by atoms with E-state index in [1.165, 1.54) is 43.3 Å². The van der Waals surface area contributed by atoms with E-state index in [2.05, 4.69) is 0 Å². The maximum atomic E-state index is 13.0. The van der Waals surface area contributed by atoms with Gasteiger partial charge in [0.2, 0.25) is 9.84 Å². The van der Waals surface area contributed by atoms with Crippen molar-refractivity contribution in [1.82, 2.24) is 0 Å². The van der Waals surface area contributed by atoms with Crippen LogP contribution < -0.4 is 9.47 Å². The van der Waals surface area contributed by atoms with E-state index in [1.807, 2.05) is 13.8 Å². The number of carbonyl (C=O) groups excluding carboxylic acids is 1. The van der Waals surface area contributed by atoms with Crippen molar-refractivity contribution in [3.63, 3.8) is 0 Å². The van der Waals surface area contributed by atoms with Gasteiger partial charge >= 0.3 is 5.97 Å². The van der Waals surface area contributed by atoms with Gasteiger partial charge in [0.25, 0.3) is 0 Å². The fourth-order valence-electron chi connectivity index (χ4n) is 2.56. The molecule has 176 valence electrons. The lowest BCUT2D eigenvalue weighted by Crippen LogP contribution is -2.25. The van der Waals surface area contributed by atoms with Gasteiger partial charge in [-0.05, 0) is 42.3 Å². The van der Waals surface area contributed by atoms with Crippen LogP contribution in [0.15, 0.2) is 46.2 Å². The van der Waals surface area contributed by atoms with Crippen LogP contribution in [0.2, 0.25) is 10.0 Å². The number of benzene rings is 2. The van der Waals surface area contributed by atoms with Crippen molar-refractivity contribution < 1.29 is 27.4 Å². The Balaban J connectivity index is 2.16. The van der Waals surface area contributed by atoms with Crippen LogP contribution in [0.4, 0.5) is 0 Å². The molecule has 0 aliphatic rings. The number of carbonyl (C=O) groups is 1. The van der Waals surface area contributed by atoms with E-state index in [0.29, 0.717) is 18.3 Å². The molecule has 0 aliphatic carbocycles. The van der Waals surface area contributed by atoms with Gasteiger partial charge in [-0.25, -0.2) is 8.42 Å². The Hall–Kier alpha value is -1.67. The van der Waals surface area contributed by atoms with Crippen molar-refractivity contribution in [2.45, 2.75) is 43.1 Å². The zero-order valence-corrected chi connectivity index (χ0v) is 21.0. The van der Waals surface area contributed by atoms with Gasteiger partial charge in [0.1, 0.15) is 18.5 Å². The molecule has 0 saturated heterocycles. The third-order valence-corrected chi connectivity index (χ3v) is 7.22. The van der Waals surface area contributed by atoms with Gasteiger partial charge in [0, 0.05) is 6.92 Å². The van der Waals surface area contributed by atoms with Crippen molar-refractivity contribution >= 4 is 50.6 Å². The Bertz CT molecular complexity index is 1000. The second kappa shape index (κ2) is 12.0. The van der Waals surface area contributed by atoms with Crippen LogP contribution in [0.1, 0.15) is 27.2 Å². The van der Waals surface area contributed by atoms with Crippen LogP contribution in [0.25, 0.3) is 0 Å². The normalized spacial score (nSPS) is 13.3. The monoisotopic (exact) mass is 522 g/mol. The van der Waals surface area contributed by atoms with E-state index < -0.39 is 21.9 Å². The van der Waals surface area contributed by atoms with E-state index in [4.69, 9.17) is 49.0 Å². The number of sulfone groups is 1. The van der Waals surface area contributed by atoms with E-state index in [0.717, 1.165) is 6.42 Å². The number of rotatable bonds is 11. The zero-order chi connectivity index (χ0) is 23.9. The molecule has 6 nitrogen and oxygen atoms in total. The van der Waals surface area contributed by atoms with Gasteiger partial charge in [-0.2, -0.15) is 0 Å². The second-order valence-corrected chi connectivity index (χ2v) is 10.3. The van der Waals surface area contributed by atoms with Crippen LogP contribution in [0.3, 0.4) is 0 Å². The van der Waals surface area contributed by atoms with Crippen LogP contribution in [-0.2, 0) is 19.4 Å². The lowest BCUT2D eigenvalue weighted by molar-refractivity contribution is -0.146. The molecule has 2 atom stereocenters. The van der Waals surface area contributed by atoms with Gasteiger partial charge < -0.3 is 14.2 Å². The summed E-state index contributed by atoms with van der Waals surface area (Å²) in [5, 5.41) is 0.244. The summed E-state index contributed by atoms with van der Waals surface area (Å²) < 4.78 is 42.3. The summed E-state index contributed by atoms with van der Waals surface area (Å²) in [6.45, 7) is 5.81. The molecular formula is C22H25Cl3O6S. The molecular weight excluding hydrogens is 499 g/mol. The van der Waals surface area contributed by atoms with Crippen LogP contribution in [0, 0.1) is 5.92 Å². The number of halogens is 3. The number of alkyl halides is 1. The molecule has 0 aromatic heterocycles. The van der Waals surface area contributed by atoms with E-state index >= 15 is 0 Å². The van der Waals surface area contributed by atoms with Crippen LogP contribution in [-0.4, -0.2) is 39.6 Å². The van der Waals surface area contributed by atoms with Gasteiger partial charge in [-0.15, -0.1) is 11.6 Å². The van der Waals surface area contributed by atoms with Gasteiger partial charge in [0.15, 0.2) is 5.75 Å². The molecule has 2 rings (SSSR count). The molecule has 0 N–H and O–H groups in total. The summed E-state index contributed by atoms with van der Waals surface area (Å²) >= 11 is 18.3. The lowest BCUT2D eigenvalue weighted by atomic mass is 10.1. The van der Waals surface area contributed by atoms with E-state index in [9.17, 15) is 13.2 Å². The molecule has 0 bridgehead atoms. The van der Waals surface area contributed by atoms with Crippen molar-refractivity contribution in [3.05, 3.63) is 46.4 Å². The molecule has 32 heavy (non-hydrogen) atoms. The zero-order valence-electron chi connectivity index (χ0n) is 17.9. The van der Waals surface area contributed by atoms with Crippen LogP contribution >= 0.6 is 34.8 Å². The Morgan fingerprint density at radius 2 is 1.59 bits per heavy atom. The minimum Gasteiger partial charge on any atom is -0.490 e. The smallest absolute Gasteiger partial charge is 0.303 e. The number of esters is 1. The lowest BCUT2D eigenvalue weighted by Gasteiger charge is -2.16. The average Bonchev–Trinajstić information content (AvgIpc) is 2.75. The predicted molar refractivity (Wildman–Crippen MR) is 125 cm³/mol. The first-order valence-corrected chi connectivity index (χ1v) is 12.7. The van der Waals surface area contributed by atoms with Crippen LogP contribution in [0.5, 0.6) is 11.5 Å². The molecule has 0 aliphatic heterocycles. The third-order valence-electron chi connectivity index (χ3n) is 4.57. The Morgan fingerprint density at radius 1 is 1.00 bits per heavy atom.